The van der Waals surface area contributed by atoms with Crippen LogP contribution in [0.1, 0.15) is 40.2 Å². The van der Waals surface area contributed by atoms with Crippen LogP contribution in [0.2, 0.25) is 0 Å². The van der Waals surface area contributed by atoms with E-state index in [0.717, 1.165) is 30.0 Å². The quantitative estimate of drug-likeness (QED) is 0.598. The van der Waals surface area contributed by atoms with Crippen LogP contribution in [-0.4, -0.2) is 11.7 Å². The van der Waals surface area contributed by atoms with Crippen LogP contribution in [0, 0.1) is 0 Å². The van der Waals surface area contributed by atoms with E-state index in [-0.39, 0.29) is 5.56 Å². The van der Waals surface area contributed by atoms with Crippen molar-refractivity contribution < 1.29 is 22.8 Å². The number of hydrogen-bond donors (Lipinski definition) is 0. The average Bonchev–Trinajstić information content (AvgIpc) is 2.53. The highest BCUT2D eigenvalue weighted by molar-refractivity contribution is 5.93. The maximum absolute atomic E-state index is 12.5. The zero-order chi connectivity index (χ0) is 17.2. The zero-order valence-electron chi connectivity index (χ0n) is 12.6. The Morgan fingerprint density at radius 2 is 1.62 bits per heavy atom. The van der Waals surface area contributed by atoms with Crippen molar-refractivity contribution in [1.82, 2.24) is 0 Å². The van der Waals surface area contributed by atoms with Crippen LogP contribution < -0.4 is 0 Å². The number of nitrogens with zero attached hydrogens (tertiary/aromatic N) is 1. The number of hydrogen-bond acceptors (Lipinski definition) is 3. The standard InChI is InChI=1S/C18H14F3NO2/c19-18(20,21)15-8-6-13(7-9-15)17(23)24-22-16-10-14(11-16)12-4-2-1-3-5-12/h1-9,14H,10-11H2. The number of benzene rings is 2. The lowest BCUT2D eigenvalue weighted by molar-refractivity contribution is -0.137. The summed E-state index contributed by atoms with van der Waals surface area (Å²) in [6.07, 6.45) is -3.00. The molecule has 0 spiro atoms. The van der Waals surface area contributed by atoms with Crippen LogP contribution in [0.3, 0.4) is 0 Å². The Labute approximate surface area is 136 Å². The highest BCUT2D eigenvalue weighted by Gasteiger charge is 2.30. The molecule has 0 saturated heterocycles. The van der Waals surface area contributed by atoms with Gasteiger partial charge in [-0.2, -0.15) is 13.2 Å². The van der Waals surface area contributed by atoms with Gasteiger partial charge in [0, 0.05) is 0 Å². The van der Waals surface area contributed by atoms with Crippen LogP contribution in [0.4, 0.5) is 13.2 Å². The van der Waals surface area contributed by atoms with Gasteiger partial charge in [0.25, 0.3) is 0 Å². The molecule has 0 atom stereocenters. The first-order valence-electron chi connectivity index (χ1n) is 7.43. The third-order valence-corrected chi connectivity index (χ3v) is 3.94. The molecule has 0 radical (unpaired) electrons. The van der Waals surface area contributed by atoms with Crippen LogP contribution in [-0.2, 0) is 11.0 Å². The Balaban J connectivity index is 1.55. The average molecular weight is 333 g/mol. The van der Waals surface area contributed by atoms with Gasteiger partial charge in [0.1, 0.15) is 0 Å². The van der Waals surface area contributed by atoms with E-state index in [9.17, 15) is 18.0 Å². The van der Waals surface area contributed by atoms with Gasteiger partial charge in [-0.1, -0.05) is 35.5 Å². The molecule has 0 bridgehead atoms. The van der Waals surface area contributed by atoms with Crippen LogP contribution >= 0.6 is 0 Å². The molecule has 1 aliphatic rings. The van der Waals surface area contributed by atoms with E-state index in [0.29, 0.717) is 18.8 Å². The molecule has 0 heterocycles. The fourth-order valence-corrected chi connectivity index (χ4v) is 2.50. The molecule has 6 heteroatoms. The number of halogens is 3. The van der Waals surface area contributed by atoms with Crippen molar-refractivity contribution in [1.29, 1.82) is 0 Å². The van der Waals surface area contributed by atoms with Crippen LogP contribution in [0.15, 0.2) is 59.8 Å². The molecular weight excluding hydrogens is 319 g/mol. The fourth-order valence-electron chi connectivity index (χ4n) is 2.50. The maximum atomic E-state index is 12.5. The summed E-state index contributed by atoms with van der Waals surface area (Å²) in [5, 5.41) is 3.80. The Hall–Kier alpha value is -2.63. The van der Waals surface area contributed by atoms with Gasteiger partial charge < -0.3 is 4.84 Å². The molecule has 3 rings (SSSR count). The molecule has 2 aromatic rings. The van der Waals surface area contributed by atoms with Crippen molar-refractivity contribution in [3.63, 3.8) is 0 Å². The molecule has 0 N–H and O–H groups in total. The Kier molecular flexibility index (Phi) is 4.38. The van der Waals surface area contributed by atoms with E-state index in [4.69, 9.17) is 4.84 Å². The number of alkyl halides is 3. The lowest BCUT2D eigenvalue weighted by atomic mass is 9.78. The second-order valence-electron chi connectivity index (χ2n) is 5.63. The van der Waals surface area contributed by atoms with E-state index in [1.165, 1.54) is 5.56 Å². The predicted octanol–water partition coefficient (Wildman–Crippen LogP) is 4.80. The summed E-state index contributed by atoms with van der Waals surface area (Å²) >= 11 is 0. The van der Waals surface area contributed by atoms with Crippen LogP contribution in [0.25, 0.3) is 0 Å². The number of carbonyl (C=O) groups excluding carboxylic acids is 1. The smallest absolute Gasteiger partial charge is 0.313 e. The van der Waals surface area contributed by atoms with Crippen molar-refractivity contribution in [2.24, 2.45) is 5.16 Å². The number of oxime groups is 1. The normalized spacial score (nSPS) is 17.1. The first-order chi connectivity index (χ1) is 11.4. The van der Waals surface area contributed by atoms with Crippen molar-refractivity contribution in [3.8, 4) is 0 Å². The summed E-state index contributed by atoms with van der Waals surface area (Å²) in [5.74, 6) is -0.394. The lowest BCUT2D eigenvalue weighted by Gasteiger charge is -2.27. The topological polar surface area (TPSA) is 38.7 Å². The predicted molar refractivity (Wildman–Crippen MR) is 82.7 cm³/mol. The van der Waals surface area contributed by atoms with Gasteiger partial charge in [-0.15, -0.1) is 0 Å². The third kappa shape index (κ3) is 3.64. The highest BCUT2D eigenvalue weighted by atomic mass is 19.4. The molecule has 1 fully saturated rings. The molecular formula is C18H14F3NO2. The second-order valence-corrected chi connectivity index (χ2v) is 5.63. The molecule has 1 saturated carbocycles. The summed E-state index contributed by atoms with van der Waals surface area (Å²) in [6.45, 7) is 0. The summed E-state index contributed by atoms with van der Waals surface area (Å²) in [5.41, 5.74) is 1.20. The zero-order valence-corrected chi connectivity index (χ0v) is 12.6. The molecule has 0 unspecified atom stereocenters. The van der Waals surface area contributed by atoms with Gasteiger partial charge >= 0.3 is 12.1 Å². The van der Waals surface area contributed by atoms with Gasteiger partial charge in [-0.25, -0.2) is 4.79 Å². The van der Waals surface area contributed by atoms with Crippen molar-refractivity contribution in [3.05, 3.63) is 71.3 Å². The number of rotatable bonds is 3. The monoisotopic (exact) mass is 333 g/mol. The molecule has 1 aliphatic carbocycles. The minimum atomic E-state index is -4.43. The molecule has 24 heavy (non-hydrogen) atoms. The Morgan fingerprint density at radius 1 is 1.00 bits per heavy atom. The molecule has 2 aromatic carbocycles. The molecule has 3 nitrogen and oxygen atoms in total. The summed E-state index contributed by atoms with van der Waals surface area (Å²) < 4.78 is 37.4. The maximum Gasteiger partial charge on any atom is 0.416 e. The van der Waals surface area contributed by atoms with E-state index < -0.39 is 17.7 Å². The van der Waals surface area contributed by atoms with E-state index in [1.54, 1.807) is 0 Å². The molecule has 0 aliphatic heterocycles. The summed E-state index contributed by atoms with van der Waals surface area (Å²) in [4.78, 5) is 16.6. The van der Waals surface area contributed by atoms with E-state index in [1.807, 2.05) is 30.3 Å². The van der Waals surface area contributed by atoms with Crippen molar-refractivity contribution in [2.45, 2.75) is 24.9 Å². The Morgan fingerprint density at radius 3 is 2.21 bits per heavy atom. The molecule has 124 valence electrons. The van der Waals surface area contributed by atoms with Gasteiger partial charge in [0.2, 0.25) is 0 Å². The minimum absolute atomic E-state index is 0.0336. The number of carbonyl (C=O) groups is 1. The molecule has 0 aromatic heterocycles. The summed E-state index contributed by atoms with van der Waals surface area (Å²) in [6, 6.07) is 13.8. The van der Waals surface area contributed by atoms with E-state index >= 15 is 0 Å². The summed E-state index contributed by atoms with van der Waals surface area (Å²) in [7, 11) is 0. The fraction of sp³-hybridized carbons (Fsp3) is 0.222. The van der Waals surface area contributed by atoms with Gasteiger partial charge in [0.15, 0.2) is 0 Å². The van der Waals surface area contributed by atoms with Gasteiger partial charge in [0.05, 0.1) is 16.8 Å². The molecule has 0 amide bonds. The second kappa shape index (κ2) is 6.47. The first-order valence-corrected chi connectivity index (χ1v) is 7.43. The first kappa shape index (κ1) is 16.2. The third-order valence-electron chi connectivity index (χ3n) is 3.94. The van der Waals surface area contributed by atoms with Gasteiger partial charge in [-0.3, -0.25) is 0 Å². The van der Waals surface area contributed by atoms with Gasteiger partial charge in [-0.05, 0) is 48.6 Å². The minimum Gasteiger partial charge on any atom is -0.313 e. The Bertz CT molecular complexity index is 744. The SMILES string of the molecule is O=C(ON=C1CC(c2ccccc2)C1)c1ccc(C(F)(F)F)cc1. The van der Waals surface area contributed by atoms with Crippen LogP contribution in [0.5, 0.6) is 0 Å². The largest absolute Gasteiger partial charge is 0.416 e. The highest BCUT2D eigenvalue weighted by Crippen LogP contribution is 2.34. The van der Waals surface area contributed by atoms with E-state index in [2.05, 4.69) is 5.16 Å². The van der Waals surface area contributed by atoms with Crippen molar-refractivity contribution in [2.75, 3.05) is 0 Å². The van der Waals surface area contributed by atoms with Crippen molar-refractivity contribution >= 4 is 11.7 Å². The lowest BCUT2D eigenvalue weighted by Crippen LogP contribution is -2.22.